The highest BCUT2D eigenvalue weighted by Gasteiger charge is 2.23. The summed E-state index contributed by atoms with van der Waals surface area (Å²) in [6.45, 7) is 5.08. The van der Waals surface area contributed by atoms with Gasteiger partial charge in [-0.25, -0.2) is 4.39 Å². The maximum atomic E-state index is 13.7. The van der Waals surface area contributed by atoms with Gasteiger partial charge in [-0.3, -0.25) is 0 Å². The van der Waals surface area contributed by atoms with Crippen LogP contribution in [-0.4, -0.2) is 6.04 Å². The fourth-order valence-corrected chi connectivity index (χ4v) is 3.04. The summed E-state index contributed by atoms with van der Waals surface area (Å²) in [7, 11) is 0. The van der Waals surface area contributed by atoms with Crippen LogP contribution < -0.4 is 5.32 Å². The maximum absolute atomic E-state index is 13.7. The van der Waals surface area contributed by atoms with Gasteiger partial charge in [-0.2, -0.15) is 0 Å². The molecule has 1 aliphatic rings. The van der Waals surface area contributed by atoms with Gasteiger partial charge in [0.25, 0.3) is 0 Å². The first kappa shape index (κ1) is 14.1. The average molecular weight is 340 g/mol. The summed E-state index contributed by atoms with van der Waals surface area (Å²) < 4.78 is 20.3. The molecule has 0 aliphatic heterocycles. The Bertz CT molecular complexity index is 631. The lowest BCUT2D eigenvalue weighted by atomic mass is 9.99. The lowest BCUT2D eigenvalue weighted by Gasteiger charge is -2.07. The van der Waals surface area contributed by atoms with E-state index in [-0.39, 0.29) is 5.82 Å². The second kappa shape index (κ2) is 5.49. The van der Waals surface area contributed by atoms with Crippen LogP contribution >= 0.6 is 15.9 Å². The largest absolute Gasteiger partial charge is 0.458 e. The maximum Gasteiger partial charge on any atom is 0.149 e. The number of halogens is 2. The van der Waals surface area contributed by atoms with Crippen LogP contribution in [0.2, 0.25) is 0 Å². The number of nitrogens with one attached hydrogen (secondary N) is 1. The van der Waals surface area contributed by atoms with Crippen molar-refractivity contribution in [1.82, 2.24) is 5.32 Å². The van der Waals surface area contributed by atoms with Crippen LogP contribution in [0.15, 0.2) is 21.0 Å². The van der Waals surface area contributed by atoms with E-state index in [1.807, 2.05) is 0 Å². The average Bonchev–Trinajstić information content (AvgIpc) is 3.12. The molecule has 4 heteroatoms. The molecule has 2 nitrogen and oxygen atoms in total. The van der Waals surface area contributed by atoms with Crippen LogP contribution in [0.1, 0.15) is 38.0 Å². The van der Waals surface area contributed by atoms with Gasteiger partial charge < -0.3 is 9.73 Å². The summed E-state index contributed by atoms with van der Waals surface area (Å²) in [5.41, 5.74) is 1.90. The molecule has 0 atom stereocenters. The lowest BCUT2D eigenvalue weighted by Crippen LogP contribution is -2.16. The van der Waals surface area contributed by atoms with Gasteiger partial charge >= 0.3 is 0 Å². The molecule has 1 N–H and O–H groups in total. The Labute approximate surface area is 126 Å². The number of hydrogen-bond acceptors (Lipinski definition) is 2. The molecule has 1 saturated carbocycles. The summed E-state index contributed by atoms with van der Waals surface area (Å²) in [4.78, 5) is 0. The van der Waals surface area contributed by atoms with Crippen molar-refractivity contribution in [2.45, 2.75) is 45.7 Å². The fraction of sp³-hybridized carbons (Fsp3) is 0.500. The van der Waals surface area contributed by atoms with E-state index in [2.05, 4.69) is 35.1 Å². The minimum Gasteiger partial charge on any atom is -0.458 e. The Morgan fingerprint density at radius 1 is 1.40 bits per heavy atom. The molecular formula is C16H19BrFNO. The molecule has 0 amide bonds. The Morgan fingerprint density at radius 2 is 2.15 bits per heavy atom. The molecule has 0 radical (unpaired) electrons. The van der Waals surface area contributed by atoms with Crippen molar-refractivity contribution < 1.29 is 8.81 Å². The normalized spacial score (nSPS) is 15.4. The van der Waals surface area contributed by atoms with Crippen LogP contribution in [0, 0.1) is 11.7 Å². The van der Waals surface area contributed by atoms with E-state index in [9.17, 15) is 4.39 Å². The van der Waals surface area contributed by atoms with Crippen LogP contribution in [-0.2, 0) is 13.0 Å². The standard InChI is InChI=1S/C16H19BrFNO/c1-9(2)5-12-13-6-10(18)7-14(17)16(13)20-15(12)8-19-11-3-4-11/h6-7,9,11,19H,3-5,8H2,1-2H3. The first-order valence-electron chi connectivity index (χ1n) is 7.17. The predicted molar refractivity (Wildman–Crippen MR) is 82.3 cm³/mol. The molecule has 0 spiro atoms. The number of fused-ring (bicyclic) bond motifs is 1. The molecule has 108 valence electrons. The summed E-state index contributed by atoms with van der Waals surface area (Å²) in [5, 5.41) is 4.38. The van der Waals surface area contributed by atoms with Crippen molar-refractivity contribution in [3.8, 4) is 0 Å². The highest BCUT2D eigenvalue weighted by atomic mass is 79.9. The highest BCUT2D eigenvalue weighted by molar-refractivity contribution is 9.10. The molecule has 1 aromatic carbocycles. The van der Waals surface area contributed by atoms with E-state index in [4.69, 9.17) is 4.42 Å². The number of furan rings is 1. The molecule has 0 unspecified atom stereocenters. The summed E-state index contributed by atoms with van der Waals surface area (Å²) in [6.07, 6.45) is 3.40. The third kappa shape index (κ3) is 2.91. The van der Waals surface area contributed by atoms with Crippen molar-refractivity contribution >= 4 is 26.9 Å². The Morgan fingerprint density at radius 3 is 2.80 bits per heavy atom. The quantitative estimate of drug-likeness (QED) is 0.847. The topological polar surface area (TPSA) is 25.2 Å². The molecular weight excluding hydrogens is 321 g/mol. The molecule has 1 aromatic heterocycles. The molecule has 1 heterocycles. The Balaban J connectivity index is 2.03. The molecule has 0 bridgehead atoms. The third-order valence-electron chi connectivity index (χ3n) is 3.64. The van der Waals surface area contributed by atoms with E-state index in [0.29, 0.717) is 16.4 Å². The molecule has 20 heavy (non-hydrogen) atoms. The first-order valence-corrected chi connectivity index (χ1v) is 7.96. The van der Waals surface area contributed by atoms with Crippen LogP contribution in [0.3, 0.4) is 0 Å². The minimum absolute atomic E-state index is 0.225. The molecule has 2 aromatic rings. The van der Waals surface area contributed by atoms with Gasteiger partial charge in [0.1, 0.15) is 17.2 Å². The predicted octanol–water partition coefficient (Wildman–Crippen LogP) is 4.78. The Hall–Kier alpha value is -0.870. The van der Waals surface area contributed by atoms with E-state index in [1.54, 1.807) is 6.07 Å². The van der Waals surface area contributed by atoms with E-state index in [0.717, 1.165) is 35.3 Å². The van der Waals surface area contributed by atoms with Gasteiger partial charge in [0.05, 0.1) is 11.0 Å². The van der Waals surface area contributed by atoms with Crippen molar-refractivity contribution in [3.63, 3.8) is 0 Å². The van der Waals surface area contributed by atoms with Crippen molar-refractivity contribution in [2.24, 2.45) is 5.92 Å². The molecule has 3 rings (SSSR count). The molecule has 1 aliphatic carbocycles. The Kier molecular flexibility index (Phi) is 3.87. The van der Waals surface area contributed by atoms with Gasteiger partial charge in [0.15, 0.2) is 0 Å². The fourth-order valence-electron chi connectivity index (χ4n) is 2.52. The van der Waals surface area contributed by atoms with Gasteiger partial charge in [0.2, 0.25) is 0 Å². The summed E-state index contributed by atoms with van der Waals surface area (Å²) in [6, 6.07) is 3.68. The molecule has 0 saturated heterocycles. The lowest BCUT2D eigenvalue weighted by molar-refractivity contribution is 0.498. The first-order chi connectivity index (χ1) is 9.54. The zero-order valence-corrected chi connectivity index (χ0v) is 13.4. The smallest absolute Gasteiger partial charge is 0.149 e. The van der Waals surface area contributed by atoms with E-state index < -0.39 is 0 Å². The van der Waals surface area contributed by atoms with Crippen molar-refractivity contribution in [2.75, 3.05) is 0 Å². The van der Waals surface area contributed by atoms with E-state index >= 15 is 0 Å². The van der Waals surface area contributed by atoms with Crippen LogP contribution in [0.5, 0.6) is 0 Å². The van der Waals surface area contributed by atoms with Gasteiger partial charge in [-0.1, -0.05) is 13.8 Å². The van der Waals surface area contributed by atoms with Gasteiger partial charge in [0, 0.05) is 17.0 Å². The number of rotatable bonds is 5. The highest BCUT2D eigenvalue weighted by Crippen LogP contribution is 2.34. The minimum atomic E-state index is -0.225. The second-order valence-electron chi connectivity index (χ2n) is 6.02. The van der Waals surface area contributed by atoms with E-state index in [1.165, 1.54) is 18.9 Å². The third-order valence-corrected chi connectivity index (χ3v) is 4.23. The van der Waals surface area contributed by atoms with Crippen molar-refractivity contribution in [3.05, 3.63) is 33.7 Å². The summed E-state index contributed by atoms with van der Waals surface area (Å²) >= 11 is 3.40. The number of hydrogen-bond donors (Lipinski definition) is 1. The monoisotopic (exact) mass is 339 g/mol. The molecule has 1 fully saturated rings. The van der Waals surface area contributed by atoms with Gasteiger partial charge in [-0.15, -0.1) is 0 Å². The second-order valence-corrected chi connectivity index (χ2v) is 6.88. The van der Waals surface area contributed by atoms with Gasteiger partial charge in [-0.05, 0) is 53.2 Å². The SMILES string of the molecule is CC(C)Cc1c(CNC2CC2)oc2c(Br)cc(F)cc12. The number of benzene rings is 1. The summed E-state index contributed by atoms with van der Waals surface area (Å²) in [5.74, 6) is 1.24. The zero-order chi connectivity index (χ0) is 14.3. The zero-order valence-electron chi connectivity index (χ0n) is 11.8. The van der Waals surface area contributed by atoms with Crippen LogP contribution in [0.25, 0.3) is 11.0 Å². The van der Waals surface area contributed by atoms with Crippen LogP contribution in [0.4, 0.5) is 4.39 Å². The van der Waals surface area contributed by atoms with Crippen molar-refractivity contribution in [1.29, 1.82) is 0 Å².